The van der Waals surface area contributed by atoms with Crippen molar-refractivity contribution in [3.8, 4) is 0 Å². The van der Waals surface area contributed by atoms with Crippen LogP contribution in [0, 0.1) is 51.8 Å². The highest BCUT2D eigenvalue weighted by atomic mass is 16.3. The second-order valence-electron chi connectivity index (χ2n) is 12.4. The predicted molar refractivity (Wildman–Crippen MR) is 112 cm³/mol. The highest BCUT2D eigenvalue weighted by Gasteiger charge is 2.85. The summed E-state index contributed by atoms with van der Waals surface area (Å²) in [7, 11) is 0. The fraction of sp³-hybridized carbons (Fsp3) is 1.00. The third-order valence-electron chi connectivity index (χ3n) is 11.3. The third-order valence-corrected chi connectivity index (χ3v) is 11.3. The van der Waals surface area contributed by atoms with Gasteiger partial charge in [0.25, 0.3) is 0 Å². The van der Waals surface area contributed by atoms with E-state index in [9.17, 15) is 5.11 Å². The molecular weight excluding hydrogens is 328 g/mol. The number of fused-ring (bicyclic) bond motifs is 1. The molecular formula is C26H44O. The first-order valence-corrected chi connectivity index (χ1v) is 12.5. The third kappa shape index (κ3) is 2.33. The Morgan fingerprint density at radius 3 is 2.48 bits per heavy atom. The van der Waals surface area contributed by atoms with Gasteiger partial charge < -0.3 is 5.11 Å². The monoisotopic (exact) mass is 372 g/mol. The van der Waals surface area contributed by atoms with Crippen molar-refractivity contribution in [2.45, 2.75) is 111 Å². The van der Waals surface area contributed by atoms with Crippen molar-refractivity contribution in [3.05, 3.63) is 0 Å². The van der Waals surface area contributed by atoms with Crippen LogP contribution in [0.3, 0.4) is 0 Å². The summed E-state index contributed by atoms with van der Waals surface area (Å²) >= 11 is 0. The zero-order chi connectivity index (χ0) is 19.0. The van der Waals surface area contributed by atoms with Gasteiger partial charge in [0.1, 0.15) is 0 Å². The fourth-order valence-corrected chi connectivity index (χ4v) is 10.1. The molecule has 2 spiro atoms. The van der Waals surface area contributed by atoms with Gasteiger partial charge in [-0.3, -0.25) is 0 Å². The van der Waals surface area contributed by atoms with Crippen molar-refractivity contribution in [2.75, 3.05) is 0 Å². The Hall–Kier alpha value is -0.0400. The summed E-state index contributed by atoms with van der Waals surface area (Å²) in [5, 5.41) is 10.2. The molecule has 0 aromatic heterocycles. The zero-order valence-corrected chi connectivity index (χ0v) is 18.5. The van der Waals surface area contributed by atoms with Crippen molar-refractivity contribution in [1.29, 1.82) is 0 Å². The summed E-state index contributed by atoms with van der Waals surface area (Å²) in [4.78, 5) is 0. The lowest BCUT2D eigenvalue weighted by Crippen LogP contribution is -2.39. The molecule has 1 heteroatoms. The molecule has 0 radical (unpaired) electrons. The lowest BCUT2D eigenvalue weighted by molar-refractivity contribution is 0.0277. The van der Waals surface area contributed by atoms with Gasteiger partial charge in [-0.15, -0.1) is 0 Å². The van der Waals surface area contributed by atoms with Gasteiger partial charge >= 0.3 is 0 Å². The Kier molecular flexibility index (Phi) is 4.37. The first-order valence-electron chi connectivity index (χ1n) is 12.5. The van der Waals surface area contributed by atoms with Crippen LogP contribution in [0.15, 0.2) is 0 Å². The maximum absolute atomic E-state index is 10.2. The number of aliphatic hydroxyl groups is 1. The Balaban J connectivity index is 1.31. The number of rotatable bonds is 5. The highest BCUT2D eigenvalue weighted by Crippen LogP contribution is 2.91. The summed E-state index contributed by atoms with van der Waals surface area (Å²) in [5.41, 5.74) is 2.22. The van der Waals surface area contributed by atoms with Gasteiger partial charge in [-0.1, -0.05) is 40.5 Å². The minimum absolute atomic E-state index is 0.0872. The van der Waals surface area contributed by atoms with Crippen LogP contribution in [0.4, 0.5) is 0 Å². The molecule has 5 fully saturated rings. The molecule has 154 valence electrons. The molecule has 9 unspecified atom stereocenters. The fourth-order valence-electron chi connectivity index (χ4n) is 10.1. The SMILES string of the molecule is CC1CCC23C(CCC24C2CCC(CCCC(O)C(C)C)C2(C)CCC34)C1. The molecule has 0 aromatic carbocycles. The first kappa shape index (κ1) is 19.0. The first-order chi connectivity index (χ1) is 12.9. The van der Waals surface area contributed by atoms with Gasteiger partial charge in [0.2, 0.25) is 0 Å². The molecule has 9 atom stereocenters. The van der Waals surface area contributed by atoms with E-state index in [1.165, 1.54) is 38.5 Å². The summed E-state index contributed by atoms with van der Waals surface area (Å²) in [5.74, 6) is 5.61. The van der Waals surface area contributed by atoms with Gasteiger partial charge in [-0.05, 0) is 116 Å². The maximum atomic E-state index is 10.2. The lowest BCUT2D eigenvalue weighted by atomic mass is 9.59. The molecule has 0 amide bonds. The normalized spacial score (nSPS) is 54.2. The molecule has 0 aromatic rings. The number of aliphatic hydroxyl groups excluding tert-OH is 1. The van der Waals surface area contributed by atoms with E-state index in [-0.39, 0.29) is 6.10 Å². The minimum atomic E-state index is -0.0872. The van der Waals surface area contributed by atoms with Crippen molar-refractivity contribution in [3.63, 3.8) is 0 Å². The van der Waals surface area contributed by atoms with E-state index in [1.54, 1.807) is 32.1 Å². The van der Waals surface area contributed by atoms with Crippen molar-refractivity contribution in [2.24, 2.45) is 51.8 Å². The molecule has 0 bridgehead atoms. The molecule has 27 heavy (non-hydrogen) atoms. The van der Waals surface area contributed by atoms with Crippen LogP contribution in [0.25, 0.3) is 0 Å². The van der Waals surface area contributed by atoms with Gasteiger partial charge in [0.05, 0.1) is 6.10 Å². The van der Waals surface area contributed by atoms with E-state index in [2.05, 4.69) is 27.7 Å². The summed E-state index contributed by atoms with van der Waals surface area (Å²) in [6, 6.07) is 0. The van der Waals surface area contributed by atoms with E-state index < -0.39 is 0 Å². The zero-order valence-electron chi connectivity index (χ0n) is 18.5. The molecule has 1 nitrogen and oxygen atoms in total. The lowest BCUT2D eigenvalue weighted by Gasteiger charge is -2.45. The predicted octanol–water partition coefficient (Wildman–Crippen LogP) is 6.83. The van der Waals surface area contributed by atoms with Crippen LogP contribution in [0.1, 0.15) is 105 Å². The Morgan fingerprint density at radius 1 is 0.926 bits per heavy atom. The van der Waals surface area contributed by atoms with Crippen LogP contribution in [0.2, 0.25) is 0 Å². The van der Waals surface area contributed by atoms with E-state index in [0.29, 0.717) is 11.3 Å². The van der Waals surface area contributed by atoms with Crippen LogP contribution in [-0.2, 0) is 0 Å². The smallest absolute Gasteiger partial charge is 0.0563 e. The van der Waals surface area contributed by atoms with Gasteiger partial charge in [0, 0.05) is 0 Å². The van der Waals surface area contributed by atoms with E-state index >= 15 is 0 Å². The Bertz CT molecular complexity index is 583. The number of hydrogen-bond donors (Lipinski definition) is 1. The average Bonchev–Trinajstić information content (AvgIpc) is 2.85. The summed E-state index contributed by atoms with van der Waals surface area (Å²) < 4.78 is 0. The van der Waals surface area contributed by atoms with E-state index in [1.807, 2.05) is 0 Å². The largest absolute Gasteiger partial charge is 0.393 e. The second-order valence-corrected chi connectivity index (χ2v) is 12.4. The van der Waals surface area contributed by atoms with E-state index in [0.717, 1.165) is 46.8 Å². The standard InChI is InChI=1S/C26H44O/c1-17(2)21(27)7-5-6-19-8-9-22-24(19,4)13-12-23-25-14-10-18(3)16-20(25)11-15-26(22,23)25/h17-23,27H,5-16H2,1-4H3. The summed E-state index contributed by atoms with van der Waals surface area (Å²) in [6.07, 6.45) is 17.5. The summed E-state index contributed by atoms with van der Waals surface area (Å²) in [6.45, 7) is 9.55. The van der Waals surface area contributed by atoms with Gasteiger partial charge in [0.15, 0.2) is 0 Å². The topological polar surface area (TPSA) is 20.2 Å². The van der Waals surface area contributed by atoms with Gasteiger partial charge in [-0.25, -0.2) is 0 Å². The molecule has 1 N–H and O–H groups in total. The molecule has 5 rings (SSSR count). The van der Waals surface area contributed by atoms with Crippen LogP contribution in [-0.4, -0.2) is 11.2 Å². The maximum Gasteiger partial charge on any atom is 0.0563 e. The van der Waals surface area contributed by atoms with E-state index in [4.69, 9.17) is 0 Å². The molecule has 0 saturated heterocycles. The van der Waals surface area contributed by atoms with Crippen molar-refractivity contribution < 1.29 is 5.11 Å². The Morgan fingerprint density at radius 2 is 1.70 bits per heavy atom. The molecule has 5 aliphatic rings. The van der Waals surface area contributed by atoms with Gasteiger partial charge in [-0.2, -0.15) is 0 Å². The highest BCUT2D eigenvalue weighted by molar-refractivity contribution is 5.33. The number of hydrogen-bond acceptors (Lipinski definition) is 1. The van der Waals surface area contributed by atoms with Crippen LogP contribution >= 0.6 is 0 Å². The Labute approximate surface area is 168 Å². The van der Waals surface area contributed by atoms with Crippen LogP contribution in [0.5, 0.6) is 0 Å². The molecule has 0 aliphatic heterocycles. The molecule has 5 aliphatic carbocycles. The molecule has 0 heterocycles. The average molecular weight is 373 g/mol. The van der Waals surface area contributed by atoms with Crippen LogP contribution < -0.4 is 0 Å². The minimum Gasteiger partial charge on any atom is -0.393 e. The second kappa shape index (κ2) is 6.23. The van der Waals surface area contributed by atoms with Crippen molar-refractivity contribution in [1.82, 2.24) is 0 Å². The molecule has 5 saturated carbocycles. The van der Waals surface area contributed by atoms with Crippen molar-refractivity contribution >= 4 is 0 Å². The quantitative estimate of drug-likeness (QED) is 0.560.